The summed E-state index contributed by atoms with van der Waals surface area (Å²) in [6.45, 7) is 1.84. The van der Waals surface area contributed by atoms with Crippen molar-refractivity contribution in [3.8, 4) is 0 Å². The van der Waals surface area contributed by atoms with Crippen molar-refractivity contribution < 1.29 is 4.79 Å². The third kappa shape index (κ3) is 2.98. The Bertz CT molecular complexity index is 417. The summed E-state index contributed by atoms with van der Waals surface area (Å²) in [4.78, 5) is 15.6. The van der Waals surface area contributed by atoms with Gasteiger partial charge in [0.15, 0.2) is 5.16 Å². The molecular formula is C10H17N5OS. The van der Waals surface area contributed by atoms with Gasteiger partial charge in [-0.25, -0.2) is 9.67 Å². The van der Waals surface area contributed by atoms with Crippen LogP contribution in [0.4, 0.5) is 0 Å². The van der Waals surface area contributed by atoms with Crippen molar-refractivity contribution in [3.05, 3.63) is 6.33 Å². The van der Waals surface area contributed by atoms with Gasteiger partial charge in [0.1, 0.15) is 11.9 Å². The molecule has 1 unspecified atom stereocenters. The fourth-order valence-electron chi connectivity index (χ4n) is 1.49. The Morgan fingerprint density at radius 2 is 2.47 bits per heavy atom. The van der Waals surface area contributed by atoms with E-state index in [1.807, 2.05) is 14.0 Å². The molecule has 6 nitrogen and oxygen atoms in total. The Labute approximate surface area is 104 Å². The number of aryl methyl sites for hydroxylation is 1. The number of nitrogens with two attached hydrogens (primary N) is 1. The van der Waals surface area contributed by atoms with Gasteiger partial charge in [-0.05, 0) is 19.8 Å². The SMILES string of the molecule is Cn1ncnc1SCC(C)(NC1CC1)C(N)=O. The number of nitrogens with zero attached hydrogens (tertiary/aromatic N) is 3. The van der Waals surface area contributed by atoms with E-state index in [2.05, 4.69) is 15.4 Å². The minimum absolute atomic E-state index is 0.320. The molecule has 2 rings (SSSR count). The zero-order chi connectivity index (χ0) is 12.5. The Hall–Kier alpha value is -1.08. The summed E-state index contributed by atoms with van der Waals surface area (Å²) in [7, 11) is 1.82. The van der Waals surface area contributed by atoms with E-state index in [-0.39, 0.29) is 5.91 Å². The molecule has 1 aromatic rings. The van der Waals surface area contributed by atoms with Crippen LogP contribution in [-0.4, -0.2) is 38.0 Å². The maximum absolute atomic E-state index is 11.5. The normalized spacial score (nSPS) is 18.9. The van der Waals surface area contributed by atoms with Crippen molar-refractivity contribution in [2.45, 2.75) is 36.5 Å². The van der Waals surface area contributed by atoms with Gasteiger partial charge >= 0.3 is 0 Å². The number of hydrogen-bond acceptors (Lipinski definition) is 5. The molecule has 1 fully saturated rings. The maximum atomic E-state index is 11.5. The fraction of sp³-hybridized carbons (Fsp3) is 0.700. The largest absolute Gasteiger partial charge is 0.368 e. The van der Waals surface area contributed by atoms with Gasteiger partial charge in [0.2, 0.25) is 5.91 Å². The number of amides is 1. The van der Waals surface area contributed by atoms with E-state index in [1.165, 1.54) is 18.1 Å². The van der Waals surface area contributed by atoms with Gasteiger partial charge in [0.05, 0.1) is 0 Å². The molecule has 1 aromatic heterocycles. The topological polar surface area (TPSA) is 85.8 Å². The van der Waals surface area contributed by atoms with Crippen molar-refractivity contribution in [1.82, 2.24) is 20.1 Å². The molecule has 17 heavy (non-hydrogen) atoms. The number of rotatable bonds is 6. The van der Waals surface area contributed by atoms with E-state index in [9.17, 15) is 4.79 Å². The fourth-order valence-corrected chi connectivity index (χ4v) is 2.49. The lowest BCUT2D eigenvalue weighted by atomic mass is 10.1. The van der Waals surface area contributed by atoms with E-state index in [4.69, 9.17) is 5.73 Å². The third-order valence-electron chi connectivity index (χ3n) is 2.80. The standard InChI is InChI=1S/C10H17N5OS/c1-10(8(11)16,14-7-3-4-7)5-17-9-12-6-13-15(9)2/h6-7,14H,3-5H2,1-2H3,(H2,11,16). The second-order valence-electron chi connectivity index (χ2n) is 4.57. The van der Waals surface area contributed by atoms with E-state index in [0.29, 0.717) is 11.8 Å². The van der Waals surface area contributed by atoms with Gasteiger partial charge in [0, 0.05) is 18.8 Å². The summed E-state index contributed by atoms with van der Waals surface area (Å²) in [5, 5.41) is 8.07. The second-order valence-corrected chi connectivity index (χ2v) is 5.51. The highest BCUT2D eigenvalue weighted by atomic mass is 32.2. The Kier molecular flexibility index (Phi) is 3.39. The molecule has 7 heteroatoms. The zero-order valence-electron chi connectivity index (χ0n) is 10.0. The van der Waals surface area contributed by atoms with Crippen LogP contribution in [0.1, 0.15) is 19.8 Å². The molecule has 0 radical (unpaired) electrons. The summed E-state index contributed by atoms with van der Waals surface area (Å²) in [6, 6.07) is 0.438. The van der Waals surface area contributed by atoms with E-state index in [0.717, 1.165) is 18.0 Å². The van der Waals surface area contributed by atoms with Gasteiger partial charge in [-0.1, -0.05) is 11.8 Å². The maximum Gasteiger partial charge on any atom is 0.238 e. The van der Waals surface area contributed by atoms with Crippen molar-refractivity contribution >= 4 is 17.7 Å². The quantitative estimate of drug-likeness (QED) is 0.693. The van der Waals surface area contributed by atoms with Crippen molar-refractivity contribution in [2.75, 3.05) is 5.75 Å². The first-order valence-corrected chi connectivity index (χ1v) is 6.54. The minimum Gasteiger partial charge on any atom is -0.368 e. The van der Waals surface area contributed by atoms with Gasteiger partial charge < -0.3 is 11.1 Å². The predicted molar refractivity (Wildman–Crippen MR) is 65.5 cm³/mol. The van der Waals surface area contributed by atoms with Gasteiger partial charge in [-0.2, -0.15) is 5.10 Å². The van der Waals surface area contributed by atoms with Crippen molar-refractivity contribution in [1.29, 1.82) is 0 Å². The zero-order valence-corrected chi connectivity index (χ0v) is 10.8. The average Bonchev–Trinajstić information content (AvgIpc) is 2.97. The molecule has 1 saturated carbocycles. The highest BCUT2D eigenvalue weighted by Gasteiger charge is 2.37. The van der Waals surface area contributed by atoms with Crippen LogP contribution in [0.15, 0.2) is 11.5 Å². The summed E-state index contributed by atoms with van der Waals surface area (Å²) in [6.07, 6.45) is 3.74. The smallest absolute Gasteiger partial charge is 0.238 e. The minimum atomic E-state index is -0.683. The highest BCUT2D eigenvalue weighted by Crippen LogP contribution is 2.26. The number of hydrogen-bond donors (Lipinski definition) is 2. The van der Waals surface area contributed by atoms with Crippen LogP contribution in [0.3, 0.4) is 0 Å². The lowest BCUT2D eigenvalue weighted by molar-refractivity contribution is -0.123. The van der Waals surface area contributed by atoms with Crippen LogP contribution in [0.2, 0.25) is 0 Å². The van der Waals surface area contributed by atoms with E-state index in [1.54, 1.807) is 4.68 Å². The van der Waals surface area contributed by atoms with E-state index < -0.39 is 5.54 Å². The Balaban J connectivity index is 1.97. The summed E-state index contributed by atoms with van der Waals surface area (Å²) in [5.41, 5.74) is 4.78. The van der Waals surface area contributed by atoms with Crippen LogP contribution in [-0.2, 0) is 11.8 Å². The predicted octanol–water partition coefficient (Wildman–Crippen LogP) is -0.0968. The monoisotopic (exact) mass is 255 g/mol. The first kappa shape index (κ1) is 12.4. The van der Waals surface area contributed by atoms with Gasteiger partial charge in [-0.15, -0.1) is 0 Å². The van der Waals surface area contributed by atoms with Crippen molar-refractivity contribution in [2.24, 2.45) is 12.8 Å². The third-order valence-corrected chi connectivity index (χ3v) is 4.15. The summed E-state index contributed by atoms with van der Waals surface area (Å²) < 4.78 is 1.68. The average molecular weight is 255 g/mol. The molecular weight excluding hydrogens is 238 g/mol. The first-order valence-electron chi connectivity index (χ1n) is 5.56. The lowest BCUT2D eigenvalue weighted by Crippen LogP contribution is -2.56. The van der Waals surface area contributed by atoms with Crippen LogP contribution in [0.5, 0.6) is 0 Å². The van der Waals surface area contributed by atoms with Crippen molar-refractivity contribution in [3.63, 3.8) is 0 Å². The Morgan fingerprint density at radius 3 is 2.94 bits per heavy atom. The number of carbonyl (C=O) groups is 1. The van der Waals surface area contributed by atoms with Gasteiger partial charge in [0.25, 0.3) is 0 Å². The molecule has 0 aliphatic heterocycles. The number of thioether (sulfide) groups is 1. The first-order chi connectivity index (χ1) is 8.01. The van der Waals surface area contributed by atoms with Crippen LogP contribution >= 0.6 is 11.8 Å². The molecule has 0 aromatic carbocycles. The number of nitrogens with one attached hydrogen (secondary N) is 1. The Morgan fingerprint density at radius 1 is 1.76 bits per heavy atom. The van der Waals surface area contributed by atoms with Crippen LogP contribution in [0.25, 0.3) is 0 Å². The molecule has 1 aliphatic rings. The molecule has 1 aliphatic carbocycles. The van der Waals surface area contributed by atoms with Crippen LogP contribution in [0, 0.1) is 0 Å². The number of aromatic nitrogens is 3. The molecule has 1 heterocycles. The summed E-state index contributed by atoms with van der Waals surface area (Å²) in [5.74, 6) is 0.241. The highest BCUT2D eigenvalue weighted by molar-refractivity contribution is 7.99. The summed E-state index contributed by atoms with van der Waals surface area (Å²) >= 11 is 1.48. The molecule has 1 amide bonds. The second kappa shape index (κ2) is 4.66. The molecule has 94 valence electrons. The molecule has 0 bridgehead atoms. The lowest BCUT2D eigenvalue weighted by Gasteiger charge is -2.26. The van der Waals surface area contributed by atoms with Crippen LogP contribution < -0.4 is 11.1 Å². The van der Waals surface area contributed by atoms with Gasteiger partial charge in [-0.3, -0.25) is 4.79 Å². The molecule has 0 saturated heterocycles. The van der Waals surface area contributed by atoms with E-state index >= 15 is 0 Å². The number of primary amides is 1. The number of carbonyl (C=O) groups excluding carboxylic acids is 1. The molecule has 0 spiro atoms. The molecule has 3 N–H and O–H groups in total. The molecule has 1 atom stereocenters.